The molecule has 1 unspecified atom stereocenters. The second-order valence-corrected chi connectivity index (χ2v) is 7.33. The maximum Gasteiger partial charge on any atom is 0.0780 e. The van der Waals surface area contributed by atoms with Crippen LogP contribution in [0, 0.1) is 12.1 Å². The van der Waals surface area contributed by atoms with Crippen molar-refractivity contribution in [2.75, 3.05) is 20.6 Å². The molecule has 0 heterocycles. The molecule has 0 saturated heterocycles. The van der Waals surface area contributed by atoms with Crippen LogP contribution in [0.4, 0.5) is 0 Å². The Balaban J connectivity index is 1.97. The molecule has 0 aromatic heterocycles. The van der Waals surface area contributed by atoms with Crippen molar-refractivity contribution in [3.63, 3.8) is 0 Å². The quantitative estimate of drug-likeness (QED) is 0.599. The van der Waals surface area contributed by atoms with Gasteiger partial charge < -0.3 is 9.85 Å². The Morgan fingerprint density at radius 2 is 1.74 bits per heavy atom. The van der Waals surface area contributed by atoms with E-state index in [9.17, 15) is 5.21 Å². The highest BCUT2D eigenvalue weighted by molar-refractivity contribution is 5.47. The molecule has 23 heavy (non-hydrogen) atoms. The first-order valence-electron chi connectivity index (χ1n) is 8.66. The third kappa shape index (κ3) is 3.65. The van der Waals surface area contributed by atoms with Gasteiger partial charge in [-0.05, 0) is 60.4 Å². The average Bonchev–Trinajstić information content (AvgIpc) is 2.65. The number of nitrogens with zero attached hydrogens (tertiary/aromatic N) is 1. The van der Waals surface area contributed by atoms with Crippen LogP contribution in [0.5, 0.6) is 0 Å². The maximum absolute atomic E-state index is 11.9. The van der Waals surface area contributed by atoms with E-state index in [-0.39, 0.29) is 4.65 Å². The summed E-state index contributed by atoms with van der Waals surface area (Å²) >= 11 is 0. The first-order valence-corrected chi connectivity index (χ1v) is 8.66. The van der Waals surface area contributed by atoms with Gasteiger partial charge in [-0.1, -0.05) is 42.5 Å². The fraction of sp³-hybridized carbons (Fsp3) is 0.429. The van der Waals surface area contributed by atoms with E-state index in [1.165, 1.54) is 27.8 Å². The molecule has 1 aliphatic rings. The van der Waals surface area contributed by atoms with Crippen LogP contribution in [-0.4, -0.2) is 25.3 Å². The molecule has 0 amide bonds. The Labute approximate surface area is 139 Å². The number of hydroxylamine groups is 3. The summed E-state index contributed by atoms with van der Waals surface area (Å²) in [5, 5.41) is 11.9. The van der Waals surface area contributed by atoms with Crippen molar-refractivity contribution in [1.29, 1.82) is 0 Å². The van der Waals surface area contributed by atoms with E-state index in [2.05, 4.69) is 49.4 Å². The molecule has 0 fully saturated rings. The summed E-state index contributed by atoms with van der Waals surface area (Å²) in [7, 11) is 3.47. The van der Waals surface area contributed by atoms with Gasteiger partial charge in [-0.25, -0.2) is 0 Å². The lowest BCUT2D eigenvalue weighted by Gasteiger charge is -2.34. The van der Waals surface area contributed by atoms with E-state index in [1.807, 2.05) is 0 Å². The normalized spacial score (nSPS) is 17.3. The molecular formula is C21H27NO. The lowest BCUT2D eigenvalue weighted by atomic mass is 9.84. The van der Waals surface area contributed by atoms with Gasteiger partial charge in [-0.3, -0.25) is 0 Å². The number of fused-ring (bicyclic) bond motifs is 2. The van der Waals surface area contributed by atoms with Crippen LogP contribution in [0.25, 0.3) is 0 Å². The van der Waals surface area contributed by atoms with Gasteiger partial charge in [0.1, 0.15) is 0 Å². The zero-order chi connectivity index (χ0) is 16.4. The van der Waals surface area contributed by atoms with Crippen molar-refractivity contribution in [2.45, 2.75) is 38.5 Å². The highest BCUT2D eigenvalue weighted by atomic mass is 16.5. The van der Waals surface area contributed by atoms with Crippen LogP contribution in [0.15, 0.2) is 42.5 Å². The Bertz CT molecular complexity index is 684. The molecule has 0 N–H and O–H groups in total. The van der Waals surface area contributed by atoms with Gasteiger partial charge in [0.15, 0.2) is 0 Å². The molecule has 2 aromatic carbocycles. The SMILES string of the molecule is Cc1cccc2c1CCc1ccccc1C2CCC[N+](C)(C)[O-]. The fourth-order valence-electron chi connectivity index (χ4n) is 3.91. The number of benzene rings is 2. The summed E-state index contributed by atoms with van der Waals surface area (Å²) in [6, 6.07) is 15.6. The lowest BCUT2D eigenvalue weighted by Crippen LogP contribution is -2.33. The number of rotatable bonds is 4. The molecule has 0 radical (unpaired) electrons. The van der Waals surface area contributed by atoms with Gasteiger partial charge in [0, 0.05) is 5.92 Å². The van der Waals surface area contributed by atoms with Gasteiger partial charge >= 0.3 is 0 Å². The minimum Gasteiger partial charge on any atom is -0.633 e. The van der Waals surface area contributed by atoms with Crippen molar-refractivity contribution in [3.8, 4) is 0 Å². The van der Waals surface area contributed by atoms with Crippen molar-refractivity contribution >= 4 is 0 Å². The number of hydrogen-bond donors (Lipinski definition) is 0. The predicted molar refractivity (Wildman–Crippen MR) is 96.4 cm³/mol. The Morgan fingerprint density at radius 1 is 1.00 bits per heavy atom. The average molecular weight is 309 g/mol. The van der Waals surface area contributed by atoms with Crippen LogP contribution in [0.1, 0.15) is 46.6 Å². The first kappa shape index (κ1) is 16.2. The van der Waals surface area contributed by atoms with Gasteiger partial charge in [-0.2, -0.15) is 0 Å². The van der Waals surface area contributed by atoms with Crippen LogP contribution < -0.4 is 0 Å². The molecule has 1 atom stereocenters. The van der Waals surface area contributed by atoms with Gasteiger partial charge in [0.25, 0.3) is 0 Å². The molecule has 122 valence electrons. The maximum atomic E-state index is 11.9. The molecule has 2 aromatic rings. The third-order valence-electron chi connectivity index (χ3n) is 5.09. The zero-order valence-corrected chi connectivity index (χ0v) is 14.5. The summed E-state index contributed by atoms with van der Waals surface area (Å²) in [4.78, 5) is 0. The summed E-state index contributed by atoms with van der Waals surface area (Å²) < 4.78 is -0.199. The van der Waals surface area contributed by atoms with Crippen LogP contribution >= 0.6 is 0 Å². The summed E-state index contributed by atoms with van der Waals surface area (Å²) in [5.41, 5.74) is 7.34. The van der Waals surface area contributed by atoms with E-state index in [0.29, 0.717) is 12.5 Å². The summed E-state index contributed by atoms with van der Waals surface area (Å²) in [6.45, 7) is 2.91. The second-order valence-electron chi connectivity index (χ2n) is 7.33. The highest BCUT2D eigenvalue weighted by Gasteiger charge is 2.24. The van der Waals surface area contributed by atoms with Crippen LogP contribution in [0.2, 0.25) is 0 Å². The molecular weight excluding hydrogens is 282 g/mol. The Kier molecular flexibility index (Phi) is 4.56. The van der Waals surface area contributed by atoms with E-state index in [4.69, 9.17) is 0 Å². The van der Waals surface area contributed by atoms with Crippen molar-refractivity contribution in [1.82, 2.24) is 0 Å². The molecule has 0 aliphatic heterocycles. The molecule has 1 aliphatic carbocycles. The zero-order valence-electron chi connectivity index (χ0n) is 14.5. The van der Waals surface area contributed by atoms with Crippen molar-refractivity contribution < 1.29 is 4.65 Å². The molecule has 0 spiro atoms. The second kappa shape index (κ2) is 6.46. The van der Waals surface area contributed by atoms with Crippen molar-refractivity contribution in [2.24, 2.45) is 0 Å². The summed E-state index contributed by atoms with van der Waals surface area (Å²) in [5.74, 6) is 0.426. The van der Waals surface area contributed by atoms with E-state index >= 15 is 0 Å². The third-order valence-corrected chi connectivity index (χ3v) is 5.09. The van der Waals surface area contributed by atoms with E-state index in [0.717, 1.165) is 25.7 Å². The Hall–Kier alpha value is -1.64. The van der Waals surface area contributed by atoms with Gasteiger partial charge in [-0.15, -0.1) is 0 Å². The van der Waals surface area contributed by atoms with Crippen LogP contribution in [-0.2, 0) is 12.8 Å². The minimum atomic E-state index is -0.199. The van der Waals surface area contributed by atoms with E-state index in [1.54, 1.807) is 14.1 Å². The van der Waals surface area contributed by atoms with E-state index < -0.39 is 0 Å². The standard InChI is InChI=1S/C21H27NO/c1-16-8-6-11-20-18(16)14-13-17-9-4-5-10-19(17)21(20)12-7-15-22(2,3)23/h4-6,8-11,21H,7,12-15H2,1-3H3. The summed E-state index contributed by atoms with van der Waals surface area (Å²) in [6.07, 6.45) is 4.26. The monoisotopic (exact) mass is 309 g/mol. The number of hydrogen-bond acceptors (Lipinski definition) is 1. The van der Waals surface area contributed by atoms with Crippen molar-refractivity contribution in [3.05, 3.63) is 75.5 Å². The predicted octanol–water partition coefficient (Wildman–Crippen LogP) is 4.58. The minimum absolute atomic E-state index is 0.199. The number of quaternary nitrogens is 1. The fourth-order valence-corrected chi connectivity index (χ4v) is 3.91. The molecule has 2 heteroatoms. The molecule has 3 rings (SSSR count). The highest BCUT2D eigenvalue weighted by Crippen LogP contribution is 2.38. The van der Waals surface area contributed by atoms with Gasteiger partial charge in [0.05, 0.1) is 20.6 Å². The molecule has 2 nitrogen and oxygen atoms in total. The van der Waals surface area contributed by atoms with Crippen LogP contribution in [0.3, 0.4) is 0 Å². The number of aryl methyl sites for hydroxylation is 2. The smallest absolute Gasteiger partial charge is 0.0780 e. The largest absolute Gasteiger partial charge is 0.633 e. The Morgan fingerprint density at radius 3 is 2.52 bits per heavy atom. The lowest BCUT2D eigenvalue weighted by molar-refractivity contribution is -0.840. The van der Waals surface area contributed by atoms with Gasteiger partial charge in [0.2, 0.25) is 0 Å². The first-order chi connectivity index (χ1) is 11.0. The molecule has 0 saturated carbocycles. The topological polar surface area (TPSA) is 23.1 Å². The molecule has 0 bridgehead atoms.